The van der Waals surface area contributed by atoms with Gasteiger partial charge in [0.2, 0.25) is 5.79 Å². The zero-order valence-corrected chi connectivity index (χ0v) is 34.9. The molecule has 320 valence electrons. The van der Waals surface area contributed by atoms with E-state index in [4.69, 9.17) is 24.2 Å². The van der Waals surface area contributed by atoms with Crippen molar-refractivity contribution in [1.82, 2.24) is 5.32 Å². The van der Waals surface area contributed by atoms with E-state index < -0.39 is 16.8 Å². The number of oxime groups is 1. The number of fused-ring (bicyclic) bond motifs is 2. The fraction of sp³-hybridized carbons (Fsp3) is 0.489. The number of hydrogen-bond acceptors (Lipinski definition) is 11. The highest BCUT2D eigenvalue weighted by Gasteiger charge is 2.64. The minimum Gasteiger partial charge on any atom is -0.460 e. The van der Waals surface area contributed by atoms with E-state index in [9.17, 15) is 25.1 Å². The minimum atomic E-state index is -1.09. The molecule has 0 unspecified atom stereocenters. The van der Waals surface area contributed by atoms with Crippen molar-refractivity contribution in [2.24, 2.45) is 22.9 Å². The third-order valence-corrected chi connectivity index (χ3v) is 14.0. The SMILES string of the molecule is C=CCO[C@@]12Oc3ccc(OC(=O)NCc4ccccc4)cc3[C@H]3[C@H](CCCCO)[C@@H](CCCCO)C=C(C(=NOCc4ccc([N+](=O)[O-])cc4)C[C@@H]1SC1CCCC1)[C@H]32. The second kappa shape index (κ2) is 20.7. The Morgan fingerprint density at radius 1 is 1.00 bits per heavy atom. The second-order valence-corrected chi connectivity index (χ2v) is 17.7. The number of benzene rings is 3. The molecule has 0 radical (unpaired) electrons. The molecular weight excluding hydrogens is 783 g/mol. The Morgan fingerprint density at radius 3 is 2.47 bits per heavy atom. The molecular formula is C47H57N3O9S. The average Bonchev–Trinajstić information content (AvgIpc) is 3.78. The molecule has 60 heavy (non-hydrogen) atoms. The van der Waals surface area contributed by atoms with Gasteiger partial charge in [-0.25, -0.2) is 4.79 Å². The van der Waals surface area contributed by atoms with Crippen LogP contribution in [0.15, 0.2) is 102 Å². The van der Waals surface area contributed by atoms with Crippen LogP contribution in [-0.4, -0.2) is 63.0 Å². The molecule has 0 aromatic heterocycles. The van der Waals surface area contributed by atoms with Gasteiger partial charge in [-0.05, 0) is 97.4 Å². The van der Waals surface area contributed by atoms with Gasteiger partial charge in [0.25, 0.3) is 5.69 Å². The van der Waals surface area contributed by atoms with Crippen LogP contribution in [0.3, 0.4) is 0 Å². The Labute approximate surface area is 356 Å². The van der Waals surface area contributed by atoms with Gasteiger partial charge in [0, 0.05) is 55.0 Å². The van der Waals surface area contributed by atoms with Gasteiger partial charge in [0.1, 0.15) is 18.1 Å². The van der Waals surface area contributed by atoms with Crippen molar-refractivity contribution in [1.29, 1.82) is 0 Å². The van der Waals surface area contributed by atoms with Crippen LogP contribution in [0.25, 0.3) is 0 Å². The lowest BCUT2D eigenvalue weighted by molar-refractivity contribution is -0.384. The minimum absolute atomic E-state index is 0.0122. The Morgan fingerprint density at radius 2 is 1.75 bits per heavy atom. The third kappa shape index (κ3) is 10.1. The fourth-order valence-corrected chi connectivity index (χ4v) is 11.4. The van der Waals surface area contributed by atoms with Gasteiger partial charge in [-0.1, -0.05) is 73.3 Å². The van der Waals surface area contributed by atoms with Crippen LogP contribution in [-0.2, 0) is 22.7 Å². The summed E-state index contributed by atoms with van der Waals surface area (Å²) >= 11 is 1.92. The molecule has 3 N–H and O–H groups in total. The first kappa shape index (κ1) is 43.4. The lowest BCUT2D eigenvalue weighted by atomic mass is 9.56. The number of hydrogen-bond donors (Lipinski definition) is 3. The molecule has 1 amide bonds. The van der Waals surface area contributed by atoms with Crippen LogP contribution in [0.1, 0.15) is 93.2 Å². The highest BCUT2D eigenvalue weighted by atomic mass is 32.2. The molecule has 13 heteroatoms. The predicted molar refractivity (Wildman–Crippen MR) is 232 cm³/mol. The first-order valence-corrected chi connectivity index (χ1v) is 22.4. The molecule has 0 spiro atoms. The Kier molecular flexibility index (Phi) is 15.0. The number of nitro benzene ring substituents is 1. The number of carbonyl (C=O) groups excluding carboxylic acids is 1. The largest absolute Gasteiger partial charge is 0.460 e. The Hall–Kier alpha value is -4.69. The van der Waals surface area contributed by atoms with Crippen molar-refractivity contribution >= 4 is 29.3 Å². The zero-order chi connectivity index (χ0) is 41.9. The normalized spacial score (nSPS) is 25.1. The maximum Gasteiger partial charge on any atom is 0.412 e. The summed E-state index contributed by atoms with van der Waals surface area (Å²) in [7, 11) is 0. The number of rotatable bonds is 20. The molecule has 2 saturated carbocycles. The number of aliphatic hydroxyl groups is 2. The quantitative estimate of drug-likeness (QED) is 0.0433. The third-order valence-electron chi connectivity index (χ3n) is 12.3. The molecule has 7 rings (SSSR count). The number of aliphatic hydroxyl groups excluding tert-OH is 2. The number of amides is 1. The molecule has 1 aliphatic heterocycles. The van der Waals surface area contributed by atoms with E-state index in [1.807, 2.05) is 54.2 Å². The number of thioether (sulfide) groups is 1. The number of ether oxygens (including phenoxy) is 3. The molecule has 3 aromatic carbocycles. The smallest absolute Gasteiger partial charge is 0.412 e. The fourth-order valence-electron chi connectivity index (χ4n) is 9.58. The van der Waals surface area contributed by atoms with Crippen molar-refractivity contribution < 1.29 is 39.0 Å². The van der Waals surface area contributed by atoms with Gasteiger partial charge < -0.3 is 34.6 Å². The zero-order valence-electron chi connectivity index (χ0n) is 34.1. The molecule has 3 aliphatic carbocycles. The van der Waals surface area contributed by atoms with Crippen LogP contribution in [0.4, 0.5) is 10.5 Å². The van der Waals surface area contributed by atoms with Crippen LogP contribution < -0.4 is 14.8 Å². The van der Waals surface area contributed by atoms with Crippen molar-refractivity contribution in [2.75, 3.05) is 19.8 Å². The Bertz CT molecular complexity index is 1990. The predicted octanol–water partition coefficient (Wildman–Crippen LogP) is 9.39. The summed E-state index contributed by atoms with van der Waals surface area (Å²) in [4.78, 5) is 30.2. The van der Waals surface area contributed by atoms with Crippen LogP contribution in [0.5, 0.6) is 11.5 Å². The van der Waals surface area contributed by atoms with Crippen molar-refractivity contribution in [3.63, 3.8) is 0 Å². The number of carbonyl (C=O) groups is 1. The summed E-state index contributed by atoms with van der Waals surface area (Å²) in [6.07, 6.45) is 13.3. The molecule has 1 heterocycles. The standard InChI is InChI=1S/C47H57N3O9S/c1-2-26-56-47-43(60-37-15-6-7-16-37)29-41(49-57-31-33-18-20-35(21-19-33)50(54)55)39-27-34(14-8-10-24-51)38(17-9-11-25-52)44(45(39)47)40-28-36(22-23-42(40)59-47)58-46(53)48-30-32-12-4-3-5-13-32/h2-5,12-13,18-23,27-28,34,37-38,43-45,51-52H,1,6-11,14-17,24-26,29-31H2,(H,48,53)/t34-,38+,43-,44+,45+,47+/m0/s1. The number of non-ortho nitro benzene ring substituents is 1. The monoisotopic (exact) mass is 839 g/mol. The molecule has 6 atom stereocenters. The highest BCUT2D eigenvalue weighted by Crippen LogP contribution is 2.63. The summed E-state index contributed by atoms with van der Waals surface area (Å²) in [5.74, 6) is -0.299. The number of nitrogens with one attached hydrogen (secondary N) is 1. The van der Waals surface area contributed by atoms with Gasteiger partial charge in [-0.3, -0.25) is 10.1 Å². The highest BCUT2D eigenvalue weighted by molar-refractivity contribution is 8.00. The number of allylic oxidation sites excluding steroid dienone is 1. The van der Waals surface area contributed by atoms with Gasteiger partial charge in [0.05, 0.1) is 28.4 Å². The molecule has 3 aromatic rings. The second-order valence-electron chi connectivity index (χ2n) is 16.2. The lowest BCUT2D eigenvalue weighted by Gasteiger charge is -2.58. The van der Waals surface area contributed by atoms with E-state index in [-0.39, 0.29) is 61.0 Å². The number of unbranched alkanes of at least 4 members (excludes halogenated alkanes) is 2. The van der Waals surface area contributed by atoms with E-state index in [2.05, 4.69) is 18.0 Å². The molecule has 0 saturated heterocycles. The first-order valence-electron chi connectivity index (χ1n) is 21.4. The van der Waals surface area contributed by atoms with E-state index >= 15 is 0 Å². The van der Waals surface area contributed by atoms with Crippen molar-refractivity contribution in [3.8, 4) is 11.5 Å². The van der Waals surface area contributed by atoms with Crippen molar-refractivity contribution in [3.05, 3.63) is 124 Å². The molecule has 4 aliphatic rings. The summed E-state index contributed by atoms with van der Waals surface area (Å²) in [6, 6.07) is 21.6. The van der Waals surface area contributed by atoms with E-state index in [0.29, 0.717) is 42.6 Å². The maximum atomic E-state index is 13.2. The van der Waals surface area contributed by atoms with Gasteiger partial charge in [-0.15, -0.1) is 18.3 Å². The van der Waals surface area contributed by atoms with Crippen molar-refractivity contribution in [2.45, 2.75) is 106 Å². The van der Waals surface area contributed by atoms with Crippen LogP contribution >= 0.6 is 11.8 Å². The van der Waals surface area contributed by atoms with E-state index in [1.165, 1.54) is 25.0 Å². The maximum absolute atomic E-state index is 13.2. The topological polar surface area (TPSA) is 162 Å². The van der Waals surface area contributed by atoms with Gasteiger partial charge in [0.15, 0.2) is 0 Å². The molecule has 0 bridgehead atoms. The lowest BCUT2D eigenvalue weighted by Crippen LogP contribution is -2.64. The summed E-state index contributed by atoms with van der Waals surface area (Å²) in [6.45, 7) is 4.98. The Balaban J connectivity index is 1.31. The molecule has 12 nitrogen and oxygen atoms in total. The molecule has 2 fully saturated rings. The number of nitro groups is 1. The van der Waals surface area contributed by atoms with Gasteiger partial charge in [-0.2, -0.15) is 0 Å². The summed E-state index contributed by atoms with van der Waals surface area (Å²) < 4.78 is 20.3. The van der Waals surface area contributed by atoms with Crippen LogP contribution in [0, 0.1) is 27.9 Å². The van der Waals surface area contributed by atoms with Gasteiger partial charge >= 0.3 is 6.09 Å². The van der Waals surface area contributed by atoms with Crippen LogP contribution in [0.2, 0.25) is 0 Å². The number of nitrogens with zero attached hydrogens (tertiary/aromatic N) is 2. The van der Waals surface area contributed by atoms with E-state index in [0.717, 1.165) is 66.5 Å². The van der Waals surface area contributed by atoms with E-state index in [1.54, 1.807) is 24.3 Å². The summed E-state index contributed by atoms with van der Waals surface area (Å²) in [5.41, 5.74) is 4.48. The summed E-state index contributed by atoms with van der Waals surface area (Å²) in [5, 5.41) is 39.1. The first-order chi connectivity index (χ1) is 29.3. The average molecular weight is 840 g/mol.